The number of hydrogen-bond acceptors (Lipinski definition) is 5. The van der Waals surface area contributed by atoms with Crippen LogP contribution in [0.4, 0.5) is 5.69 Å². The number of rotatable bonds is 12. The van der Waals surface area contributed by atoms with Gasteiger partial charge in [-0.1, -0.05) is 33.3 Å². The molecule has 0 saturated carbocycles. The normalized spacial score (nSPS) is 10.9. The minimum Gasteiger partial charge on any atom is -0.490 e. The Morgan fingerprint density at radius 3 is 2.68 bits per heavy atom. The molecule has 8 heteroatoms. The average Bonchev–Trinajstić information content (AvgIpc) is 2.70. The number of likely N-dealkylation sites (N-methyl/N-ethyl adjacent to an activating group) is 1. The van der Waals surface area contributed by atoms with E-state index >= 15 is 0 Å². The number of amides is 1. The van der Waals surface area contributed by atoms with Gasteiger partial charge in [-0.2, -0.15) is 0 Å². The molecule has 1 rings (SSSR count). The Morgan fingerprint density at radius 1 is 1.29 bits per heavy atom. The van der Waals surface area contributed by atoms with E-state index in [1.165, 1.54) is 6.08 Å². The molecule has 4 N–H and O–H groups in total. The van der Waals surface area contributed by atoms with E-state index in [1.807, 2.05) is 18.2 Å². The van der Waals surface area contributed by atoms with Crippen molar-refractivity contribution in [3.63, 3.8) is 0 Å². The van der Waals surface area contributed by atoms with Crippen LogP contribution < -0.4 is 20.9 Å². The van der Waals surface area contributed by atoms with E-state index in [9.17, 15) is 4.79 Å². The minimum absolute atomic E-state index is 0.524. The molecule has 0 aromatic heterocycles. The molecule has 0 heterocycles. The van der Waals surface area contributed by atoms with Crippen molar-refractivity contribution in [3.05, 3.63) is 29.8 Å². The molecule has 1 aromatic rings. The van der Waals surface area contributed by atoms with Gasteiger partial charge in [-0.05, 0) is 55.5 Å². The fourth-order valence-electron chi connectivity index (χ4n) is 2.45. The number of carbonyl (C=O) groups excluding carboxylic acids is 1. The number of benzene rings is 1. The minimum atomic E-state index is -0.592. The van der Waals surface area contributed by atoms with Crippen LogP contribution in [0, 0.1) is 0 Å². The summed E-state index contributed by atoms with van der Waals surface area (Å²) in [7, 11) is 0. The lowest BCUT2D eigenvalue weighted by Gasteiger charge is -2.20. The Balaban J connectivity index is 2.87. The first kappa shape index (κ1) is 23.9. The molecule has 7 nitrogen and oxygen atoms in total. The molecular weight excluding hydrogens is 376 g/mol. The zero-order valence-corrected chi connectivity index (χ0v) is 17.8. The van der Waals surface area contributed by atoms with Crippen molar-refractivity contribution in [2.75, 3.05) is 38.1 Å². The number of anilines is 1. The van der Waals surface area contributed by atoms with E-state index in [0.717, 1.165) is 50.3 Å². The van der Waals surface area contributed by atoms with Crippen LogP contribution in [0.3, 0.4) is 0 Å². The maximum absolute atomic E-state index is 11.2. The topological polar surface area (TPSA) is 85.9 Å². The van der Waals surface area contributed by atoms with Crippen LogP contribution in [-0.4, -0.2) is 53.9 Å². The van der Waals surface area contributed by atoms with Gasteiger partial charge in [0.25, 0.3) is 5.91 Å². The molecule has 0 aliphatic carbocycles. The summed E-state index contributed by atoms with van der Waals surface area (Å²) in [6, 6.07) is 5.53. The zero-order chi connectivity index (χ0) is 20.8. The maximum Gasteiger partial charge on any atom is 0.267 e. The molecule has 0 atom stereocenters. The summed E-state index contributed by atoms with van der Waals surface area (Å²) in [5.41, 5.74) is 3.07. The molecular formula is C20H32N4O3S. The Labute approximate surface area is 173 Å². The number of carbonyl (C=O) groups is 1. The van der Waals surface area contributed by atoms with Gasteiger partial charge in [-0.15, -0.1) is 0 Å². The first-order valence-corrected chi connectivity index (χ1v) is 10.1. The molecule has 0 aliphatic heterocycles. The molecule has 0 spiro atoms. The van der Waals surface area contributed by atoms with Crippen LogP contribution in [0.2, 0.25) is 0 Å². The molecule has 0 fully saturated rings. The first-order valence-electron chi connectivity index (χ1n) is 9.70. The lowest BCUT2D eigenvalue weighted by atomic mass is 10.1. The highest BCUT2D eigenvalue weighted by atomic mass is 32.1. The third-order valence-electron chi connectivity index (χ3n) is 4.16. The van der Waals surface area contributed by atoms with E-state index in [2.05, 4.69) is 36.3 Å². The van der Waals surface area contributed by atoms with Crippen molar-refractivity contribution >= 4 is 35.0 Å². The fraction of sp³-hybridized carbons (Fsp3) is 0.500. The lowest BCUT2D eigenvalue weighted by Crippen LogP contribution is -2.30. The number of unbranched alkanes of at least 4 members (excludes halogenated alkanes) is 1. The molecule has 156 valence electrons. The molecule has 0 bridgehead atoms. The Morgan fingerprint density at radius 2 is 2.04 bits per heavy atom. The van der Waals surface area contributed by atoms with Crippen LogP contribution in [0.25, 0.3) is 6.08 Å². The molecule has 0 unspecified atom stereocenters. The van der Waals surface area contributed by atoms with Crippen LogP contribution in [0.15, 0.2) is 24.3 Å². The van der Waals surface area contributed by atoms with Crippen LogP contribution in [0.1, 0.15) is 39.2 Å². The summed E-state index contributed by atoms with van der Waals surface area (Å²) in [6.07, 6.45) is 4.97. The van der Waals surface area contributed by atoms with E-state index in [-0.39, 0.29) is 0 Å². The first-order chi connectivity index (χ1) is 13.5. The van der Waals surface area contributed by atoms with Gasteiger partial charge >= 0.3 is 0 Å². The second-order valence-electron chi connectivity index (χ2n) is 6.17. The number of hydroxylamine groups is 1. The molecule has 28 heavy (non-hydrogen) atoms. The summed E-state index contributed by atoms with van der Waals surface area (Å²) in [5, 5.41) is 15.5. The van der Waals surface area contributed by atoms with Crippen molar-refractivity contribution in [1.29, 1.82) is 0 Å². The van der Waals surface area contributed by atoms with Gasteiger partial charge in [0.15, 0.2) is 5.11 Å². The van der Waals surface area contributed by atoms with Crippen molar-refractivity contribution in [3.8, 4) is 5.75 Å². The van der Waals surface area contributed by atoms with Crippen LogP contribution in [0.5, 0.6) is 5.75 Å². The second-order valence-corrected chi connectivity index (χ2v) is 6.58. The van der Waals surface area contributed by atoms with Crippen molar-refractivity contribution in [2.24, 2.45) is 0 Å². The third kappa shape index (κ3) is 9.16. The standard InChI is InChI=1S/C20H32N4O3S/c1-4-7-12-21-20(28)22-17-15-16(9-11-19(25)23-26)8-10-18(17)27-14-13-24(5-2)6-3/h8-11,15,26H,4-7,12-14H2,1-3H3,(H,23,25)(H2,21,22,28)/b11-9+. The Kier molecular flexibility index (Phi) is 11.9. The van der Waals surface area contributed by atoms with Crippen LogP contribution >= 0.6 is 12.2 Å². The molecule has 0 radical (unpaired) electrons. The second kappa shape index (κ2) is 13.9. The summed E-state index contributed by atoms with van der Waals surface area (Å²) >= 11 is 5.37. The SMILES string of the molecule is CCCCNC(=S)Nc1cc(/C=C/C(=O)NO)ccc1OCCN(CC)CC. The summed E-state index contributed by atoms with van der Waals surface area (Å²) in [4.78, 5) is 13.5. The van der Waals surface area contributed by atoms with Gasteiger partial charge in [0.2, 0.25) is 0 Å². The van der Waals surface area contributed by atoms with Gasteiger partial charge in [-0.3, -0.25) is 10.0 Å². The Hall–Kier alpha value is -2.16. The van der Waals surface area contributed by atoms with E-state index in [0.29, 0.717) is 17.5 Å². The predicted molar refractivity (Wildman–Crippen MR) is 118 cm³/mol. The fourth-order valence-corrected chi connectivity index (χ4v) is 2.67. The van der Waals surface area contributed by atoms with E-state index in [4.69, 9.17) is 22.2 Å². The van der Waals surface area contributed by atoms with Gasteiger partial charge in [0.1, 0.15) is 12.4 Å². The molecule has 0 saturated heterocycles. The number of hydrogen-bond donors (Lipinski definition) is 4. The predicted octanol–water partition coefficient (Wildman–Crippen LogP) is 3.01. The summed E-state index contributed by atoms with van der Waals surface area (Å²) in [6.45, 7) is 10.5. The lowest BCUT2D eigenvalue weighted by molar-refractivity contribution is -0.124. The Bertz CT molecular complexity index is 648. The van der Waals surface area contributed by atoms with Crippen molar-refractivity contribution in [1.82, 2.24) is 15.7 Å². The number of nitrogens with zero attached hydrogens (tertiary/aromatic N) is 1. The van der Waals surface area contributed by atoms with Gasteiger partial charge < -0.3 is 20.3 Å². The maximum atomic E-state index is 11.2. The quantitative estimate of drug-likeness (QED) is 0.139. The van der Waals surface area contributed by atoms with E-state index < -0.39 is 5.91 Å². The van der Waals surface area contributed by atoms with Gasteiger partial charge in [-0.25, -0.2) is 5.48 Å². The highest BCUT2D eigenvalue weighted by Gasteiger charge is 2.08. The number of nitrogens with one attached hydrogen (secondary N) is 3. The summed E-state index contributed by atoms with van der Waals surface area (Å²) in [5.74, 6) is 0.0985. The summed E-state index contributed by atoms with van der Waals surface area (Å²) < 4.78 is 5.96. The van der Waals surface area contributed by atoms with Crippen molar-refractivity contribution in [2.45, 2.75) is 33.6 Å². The van der Waals surface area contributed by atoms with Crippen LogP contribution in [-0.2, 0) is 4.79 Å². The third-order valence-corrected chi connectivity index (χ3v) is 4.41. The highest BCUT2D eigenvalue weighted by Crippen LogP contribution is 2.26. The smallest absolute Gasteiger partial charge is 0.267 e. The molecule has 1 amide bonds. The monoisotopic (exact) mass is 408 g/mol. The van der Waals surface area contributed by atoms with Crippen molar-refractivity contribution < 1.29 is 14.7 Å². The van der Waals surface area contributed by atoms with Gasteiger partial charge in [0, 0.05) is 19.2 Å². The average molecular weight is 409 g/mol. The highest BCUT2D eigenvalue weighted by molar-refractivity contribution is 7.80. The van der Waals surface area contributed by atoms with E-state index in [1.54, 1.807) is 11.6 Å². The molecule has 0 aliphatic rings. The largest absolute Gasteiger partial charge is 0.490 e. The number of thiocarbonyl (C=S) groups is 1. The van der Waals surface area contributed by atoms with Gasteiger partial charge in [0.05, 0.1) is 5.69 Å². The molecule has 1 aromatic carbocycles. The zero-order valence-electron chi connectivity index (χ0n) is 17.0. The number of ether oxygens (including phenoxy) is 1.